The van der Waals surface area contributed by atoms with Crippen molar-refractivity contribution in [3.05, 3.63) is 0 Å². The molecule has 7 nitrogen and oxygen atoms in total. The van der Waals surface area contributed by atoms with Gasteiger partial charge in [-0.2, -0.15) is 0 Å². The van der Waals surface area contributed by atoms with E-state index in [0.717, 1.165) is 4.90 Å². The van der Waals surface area contributed by atoms with Crippen LogP contribution in [-0.2, 0) is 9.53 Å². The smallest absolute Gasteiger partial charge is 0.410 e. The normalized spacial score (nSPS) is 13.0. The standard InChI is InChI=1S/C10H20N2O5/c1-10(2,3)17-9(16)12(5-8(14)15)4-7(11)6-13/h7,13H,4-6,11H2,1-3H3,(H,14,15). The lowest BCUT2D eigenvalue weighted by molar-refractivity contribution is -0.138. The first-order valence-corrected chi connectivity index (χ1v) is 5.22. The Bertz CT molecular complexity index is 274. The van der Waals surface area contributed by atoms with Crippen LogP contribution < -0.4 is 5.73 Å². The lowest BCUT2D eigenvalue weighted by Gasteiger charge is -2.27. The molecule has 0 rings (SSSR count). The van der Waals surface area contributed by atoms with Crippen molar-refractivity contribution in [2.45, 2.75) is 32.4 Å². The molecule has 0 aromatic heterocycles. The number of hydrogen-bond donors (Lipinski definition) is 3. The number of carbonyl (C=O) groups is 2. The van der Waals surface area contributed by atoms with Crippen LogP contribution in [0.15, 0.2) is 0 Å². The summed E-state index contributed by atoms with van der Waals surface area (Å²) >= 11 is 0. The van der Waals surface area contributed by atoms with Crippen molar-refractivity contribution in [1.82, 2.24) is 4.90 Å². The minimum atomic E-state index is -1.17. The summed E-state index contributed by atoms with van der Waals surface area (Å²) in [6, 6.07) is -0.693. The van der Waals surface area contributed by atoms with Gasteiger partial charge < -0.3 is 20.7 Å². The lowest BCUT2D eigenvalue weighted by atomic mass is 10.2. The molecular formula is C10H20N2O5. The van der Waals surface area contributed by atoms with E-state index in [1.54, 1.807) is 20.8 Å². The second-order valence-electron chi connectivity index (χ2n) is 4.70. The van der Waals surface area contributed by atoms with Crippen LogP contribution in [0.3, 0.4) is 0 Å². The quantitative estimate of drug-likeness (QED) is 0.611. The Hall–Kier alpha value is -1.34. The minimum Gasteiger partial charge on any atom is -0.480 e. The van der Waals surface area contributed by atoms with Crippen molar-refractivity contribution in [1.29, 1.82) is 0 Å². The van der Waals surface area contributed by atoms with Gasteiger partial charge in [-0.25, -0.2) is 4.79 Å². The molecule has 1 amide bonds. The van der Waals surface area contributed by atoms with Gasteiger partial charge >= 0.3 is 12.1 Å². The van der Waals surface area contributed by atoms with Crippen molar-refractivity contribution in [2.24, 2.45) is 5.73 Å². The number of carbonyl (C=O) groups excluding carboxylic acids is 1. The third-order valence-corrected chi connectivity index (χ3v) is 1.67. The first kappa shape index (κ1) is 15.7. The Balaban J connectivity index is 4.56. The third kappa shape index (κ3) is 7.53. The summed E-state index contributed by atoms with van der Waals surface area (Å²) in [6.45, 7) is 4.11. The Labute approximate surface area is 100 Å². The Morgan fingerprint density at radius 1 is 1.41 bits per heavy atom. The zero-order valence-electron chi connectivity index (χ0n) is 10.3. The Morgan fingerprint density at radius 3 is 2.29 bits per heavy atom. The third-order valence-electron chi connectivity index (χ3n) is 1.67. The van der Waals surface area contributed by atoms with Crippen LogP contribution in [0.2, 0.25) is 0 Å². The van der Waals surface area contributed by atoms with Gasteiger partial charge in [-0.15, -0.1) is 0 Å². The molecule has 0 radical (unpaired) electrons. The summed E-state index contributed by atoms with van der Waals surface area (Å²) in [5.41, 5.74) is 4.75. The van der Waals surface area contributed by atoms with Crippen LogP contribution in [0.25, 0.3) is 0 Å². The summed E-state index contributed by atoms with van der Waals surface area (Å²) in [7, 11) is 0. The number of ether oxygens (including phenoxy) is 1. The van der Waals surface area contributed by atoms with Crippen LogP contribution in [0, 0.1) is 0 Å². The molecule has 7 heteroatoms. The molecule has 0 heterocycles. The highest BCUT2D eigenvalue weighted by Gasteiger charge is 2.25. The highest BCUT2D eigenvalue weighted by atomic mass is 16.6. The van der Waals surface area contributed by atoms with Gasteiger partial charge in [0.15, 0.2) is 0 Å². The van der Waals surface area contributed by atoms with E-state index in [9.17, 15) is 9.59 Å². The molecule has 0 aromatic carbocycles. The molecule has 1 atom stereocenters. The first-order valence-electron chi connectivity index (χ1n) is 5.22. The number of aliphatic hydroxyl groups excluding tert-OH is 1. The van der Waals surface area contributed by atoms with E-state index in [4.69, 9.17) is 20.7 Å². The Kier molecular flexibility index (Phi) is 5.90. The maximum atomic E-state index is 11.6. The fourth-order valence-electron chi connectivity index (χ4n) is 1.03. The molecule has 17 heavy (non-hydrogen) atoms. The topological polar surface area (TPSA) is 113 Å². The number of nitrogens with two attached hydrogens (primary N) is 1. The van der Waals surface area contributed by atoms with Gasteiger partial charge in [-0.05, 0) is 20.8 Å². The van der Waals surface area contributed by atoms with E-state index in [0.29, 0.717) is 0 Å². The monoisotopic (exact) mass is 248 g/mol. The molecule has 0 aliphatic rings. The molecule has 0 bridgehead atoms. The van der Waals surface area contributed by atoms with E-state index in [1.807, 2.05) is 0 Å². The number of hydrogen-bond acceptors (Lipinski definition) is 5. The average molecular weight is 248 g/mol. The van der Waals surface area contributed by atoms with Gasteiger partial charge in [0.05, 0.1) is 6.61 Å². The number of aliphatic hydroxyl groups is 1. The molecule has 0 saturated carbocycles. The van der Waals surface area contributed by atoms with Gasteiger partial charge in [0, 0.05) is 12.6 Å². The molecule has 0 spiro atoms. The number of rotatable bonds is 5. The zero-order chi connectivity index (χ0) is 13.6. The van der Waals surface area contributed by atoms with Gasteiger partial charge in [0.1, 0.15) is 12.1 Å². The minimum absolute atomic E-state index is 0.0717. The SMILES string of the molecule is CC(C)(C)OC(=O)N(CC(=O)O)CC(N)CO. The van der Waals surface area contributed by atoms with Gasteiger partial charge in [0.2, 0.25) is 0 Å². The maximum Gasteiger partial charge on any atom is 0.410 e. The van der Waals surface area contributed by atoms with Gasteiger partial charge in [-0.1, -0.05) is 0 Å². The number of nitrogens with zero attached hydrogens (tertiary/aromatic N) is 1. The van der Waals surface area contributed by atoms with E-state index in [1.165, 1.54) is 0 Å². The molecule has 1 unspecified atom stereocenters. The predicted molar refractivity (Wildman–Crippen MR) is 60.5 cm³/mol. The average Bonchev–Trinajstić information content (AvgIpc) is 2.13. The molecule has 100 valence electrons. The van der Waals surface area contributed by atoms with Gasteiger partial charge in [0.25, 0.3) is 0 Å². The van der Waals surface area contributed by atoms with Crippen molar-refractivity contribution in [3.63, 3.8) is 0 Å². The second-order valence-corrected chi connectivity index (χ2v) is 4.70. The largest absolute Gasteiger partial charge is 0.480 e. The van der Waals surface area contributed by atoms with E-state index >= 15 is 0 Å². The molecule has 0 saturated heterocycles. The van der Waals surface area contributed by atoms with E-state index in [-0.39, 0.29) is 13.2 Å². The summed E-state index contributed by atoms with van der Waals surface area (Å²) in [6.07, 6.45) is -0.760. The highest BCUT2D eigenvalue weighted by Crippen LogP contribution is 2.10. The van der Waals surface area contributed by atoms with Crippen LogP contribution in [0.5, 0.6) is 0 Å². The summed E-state index contributed by atoms with van der Waals surface area (Å²) < 4.78 is 5.03. The summed E-state index contributed by atoms with van der Waals surface area (Å²) in [5, 5.41) is 17.4. The van der Waals surface area contributed by atoms with Crippen LogP contribution in [-0.4, -0.2) is 58.5 Å². The molecule has 4 N–H and O–H groups in total. The van der Waals surface area contributed by atoms with Crippen molar-refractivity contribution in [2.75, 3.05) is 19.7 Å². The van der Waals surface area contributed by atoms with Crippen molar-refractivity contribution < 1.29 is 24.5 Å². The van der Waals surface area contributed by atoms with Crippen molar-refractivity contribution in [3.8, 4) is 0 Å². The Morgan fingerprint density at radius 2 is 1.94 bits per heavy atom. The van der Waals surface area contributed by atoms with Gasteiger partial charge in [-0.3, -0.25) is 9.69 Å². The fraction of sp³-hybridized carbons (Fsp3) is 0.800. The lowest BCUT2D eigenvalue weighted by Crippen LogP contribution is -2.46. The second kappa shape index (κ2) is 6.41. The highest BCUT2D eigenvalue weighted by molar-refractivity contribution is 5.76. The first-order chi connectivity index (χ1) is 7.65. The zero-order valence-corrected chi connectivity index (χ0v) is 10.3. The van der Waals surface area contributed by atoms with Crippen molar-refractivity contribution >= 4 is 12.1 Å². The number of carboxylic acid groups (broad SMARTS) is 1. The molecule has 0 fully saturated rings. The molecule has 0 aliphatic heterocycles. The van der Waals surface area contributed by atoms with Crippen LogP contribution in [0.4, 0.5) is 4.79 Å². The maximum absolute atomic E-state index is 11.6. The molecule has 0 aliphatic carbocycles. The molecule has 0 aromatic rings. The summed E-state index contributed by atoms with van der Waals surface area (Å²) in [5.74, 6) is -1.17. The number of amides is 1. The number of carboxylic acids is 1. The fourth-order valence-corrected chi connectivity index (χ4v) is 1.03. The van der Waals surface area contributed by atoms with Crippen LogP contribution >= 0.6 is 0 Å². The van der Waals surface area contributed by atoms with E-state index < -0.39 is 30.3 Å². The number of aliphatic carboxylic acids is 1. The van der Waals surface area contributed by atoms with Crippen LogP contribution in [0.1, 0.15) is 20.8 Å². The van der Waals surface area contributed by atoms with E-state index in [2.05, 4.69) is 0 Å². The predicted octanol–water partition coefficient (Wildman–Crippen LogP) is -0.372. The summed E-state index contributed by atoms with van der Waals surface area (Å²) in [4.78, 5) is 23.2. The molecular weight excluding hydrogens is 228 g/mol.